The Morgan fingerprint density at radius 3 is 1.71 bits per heavy atom. The average Bonchev–Trinajstić information content (AvgIpc) is 3.37. The van der Waals surface area contributed by atoms with Gasteiger partial charge in [-0.05, 0) is 98.4 Å². The van der Waals surface area contributed by atoms with Crippen LogP contribution in [0.5, 0.6) is 23.0 Å². The number of rotatable bonds is 6. The van der Waals surface area contributed by atoms with E-state index in [1.807, 2.05) is 30.3 Å². The molecular formula is C55H39NO2. The first-order valence-corrected chi connectivity index (χ1v) is 19.9. The molecule has 0 bridgehead atoms. The summed E-state index contributed by atoms with van der Waals surface area (Å²) in [5.41, 5.74) is 15.0. The van der Waals surface area contributed by atoms with E-state index < -0.39 is 0 Å². The van der Waals surface area contributed by atoms with Crippen molar-refractivity contribution in [2.75, 3.05) is 4.90 Å². The summed E-state index contributed by atoms with van der Waals surface area (Å²) in [4.78, 5) is 2.42. The lowest BCUT2D eigenvalue weighted by Crippen LogP contribution is -2.17. The van der Waals surface area contributed by atoms with E-state index in [2.05, 4.69) is 189 Å². The van der Waals surface area contributed by atoms with Crippen LogP contribution in [0, 0.1) is 0 Å². The molecule has 9 aromatic carbocycles. The molecule has 3 heteroatoms. The van der Waals surface area contributed by atoms with Crippen molar-refractivity contribution in [1.29, 1.82) is 0 Å². The van der Waals surface area contributed by atoms with E-state index in [1.165, 1.54) is 33.4 Å². The second kappa shape index (κ2) is 13.4. The second-order valence-electron chi connectivity index (χ2n) is 15.7. The third kappa shape index (κ3) is 5.43. The highest BCUT2D eigenvalue weighted by molar-refractivity contribution is 5.98. The van der Waals surface area contributed by atoms with Crippen LogP contribution in [0.15, 0.2) is 200 Å². The summed E-state index contributed by atoms with van der Waals surface area (Å²) in [6, 6.07) is 71.3. The van der Waals surface area contributed by atoms with Crippen molar-refractivity contribution in [3.05, 3.63) is 211 Å². The molecule has 0 radical (unpaired) electrons. The lowest BCUT2D eigenvalue weighted by molar-refractivity contribution is 0.441. The molecule has 0 saturated heterocycles. The second-order valence-corrected chi connectivity index (χ2v) is 15.7. The Labute approximate surface area is 339 Å². The molecule has 0 amide bonds. The molecule has 11 rings (SSSR count). The van der Waals surface area contributed by atoms with Gasteiger partial charge in [-0.25, -0.2) is 0 Å². The summed E-state index contributed by atoms with van der Waals surface area (Å²) in [7, 11) is 0. The number of para-hydroxylation sites is 2. The Morgan fingerprint density at radius 2 is 0.931 bits per heavy atom. The monoisotopic (exact) mass is 745 g/mol. The number of anilines is 3. The van der Waals surface area contributed by atoms with Crippen LogP contribution in [0.4, 0.5) is 17.1 Å². The fourth-order valence-electron chi connectivity index (χ4n) is 9.13. The maximum atomic E-state index is 6.87. The van der Waals surface area contributed by atoms with E-state index in [-0.39, 0.29) is 5.41 Å². The van der Waals surface area contributed by atoms with Gasteiger partial charge in [0, 0.05) is 27.9 Å². The Morgan fingerprint density at radius 1 is 0.379 bits per heavy atom. The van der Waals surface area contributed by atoms with E-state index >= 15 is 0 Å². The van der Waals surface area contributed by atoms with Crippen LogP contribution < -0.4 is 14.4 Å². The fraction of sp³-hybridized carbons (Fsp3) is 0.0545. The molecule has 1 aliphatic carbocycles. The summed E-state index contributed by atoms with van der Waals surface area (Å²) >= 11 is 0. The van der Waals surface area contributed by atoms with Crippen molar-refractivity contribution in [3.63, 3.8) is 0 Å². The molecular weight excluding hydrogens is 707 g/mol. The van der Waals surface area contributed by atoms with E-state index in [0.29, 0.717) is 11.5 Å². The smallest absolute Gasteiger partial charge is 0.177 e. The maximum Gasteiger partial charge on any atom is 0.177 e. The fourth-order valence-corrected chi connectivity index (χ4v) is 9.13. The minimum absolute atomic E-state index is 0.145. The number of hydrogen-bond donors (Lipinski definition) is 0. The van der Waals surface area contributed by atoms with Gasteiger partial charge in [-0.3, -0.25) is 0 Å². The van der Waals surface area contributed by atoms with Crippen LogP contribution in [0.3, 0.4) is 0 Å². The number of nitrogens with zero attached hydrogens (tertiary/aromatic N) is 1. The summed E-state index contributed by atoms with van der Waals surface area (Å²) in [6.07, 6.45) is 0. The zero-order valence-electron chi connectivity index (χ0n) is 32.3. The van der Waals surface area contributed by atoms with Crippen molar-refractivity contribution < 1.29 is 9.47 Å². The van der Waals surface area contributed by atoms with Gasteiger partial charge in [-0.2, -0.15) is 0 Å². The Kier molecular flexibility index (Phi) is 7.84. The van der Waals surface area contributed by atoms with Gasteiger partial charge in [0.15, 0.2) is 11.5 Å². The van der Waals surface area contributed by atoms with Crippen LogP contribution in [0.2, 0.25) is 0 Å². The van der Waals surface area contributed by atoms with Crippen LogP contribution in [0.1, 0.15) is 25.0 Å². The Bertz CT molecular complexity index is 3030. The third-order valence-electron chi connectivity index (χ3n) is 11.9. The van der Waals surface area contributed by atoms with E-state index in [1.54, 1.807) is 0 Å². The minimum atomic E-state index is -0.145. The lowest BCUT2D eigenvalue weighted by atomic mass is 9.82. The third-order valence-corrected chi connectivity index (χ3v) is 11.9. The maximum absolute atomic E-state index is 6.87. The van der Waals surface area contributed by atoms with Gasteiger partial charge in [0.05, 0.1) is 11.1 Å². The zero-order valence-corrected chi connectivity index (χ0v) is 32.3. The topological polar surface area (TPSA) is 21.7 Å². The molecule has 0 fully saturated rings. The summed E-state index contributed by atoms with van der Waals surface area (Å²) in [5.74, 6) is 2.96. The molecule has 9 aromatic rings. The quantitative estimate of drug-likeness (QED) is 0.169. The summed E-state index contributed by atoms with van der Waals surface area (Å²) < 4.78 is 13.5. The zero-order chi connectivity index (χ0) is 38.8. The lowest BCUT2D eigenvalue weighted by Gasteiger charge is -2.30. The first-order valence-electron chi connectivity index (χ1n) is 19.9. The van der Waals surface area contributed by atoms with Gasteiger partial charge in [-0.15, -0.1) is 0 Å². The Hall–Kier alpha value is -7.36. The predicted octanol–water partition coefficient (Wildman–Crippen LogP) is 15.5. The van der Waals surface area contributed by atoms with E-state index in [9.17, 15) is 0 Å². The van der Waals surface area contributed by atoms with Gasteiger partial charge in [0.2, 0.25) is 0 Å². The van der Waals surface area contributed by atoms with Gasteiger partial charge in [0.25, 0.3) is 0 Å². The minimum Gasteiger partial charge on any atom is -0.453 e. The molecule has 0 atom stereocenters. The summed E-state index contributed by atoms with van der Waals surface area (Å²) in [6.45, 7) is 4.69. The highest BCUT2D eigenvalue weighted by Crippen LogP contribution is 2.54. The highest BCUT2D eigenvalue weighted by Gasteiger charge is 2.36. The number of benzene rings is 9. The molecule has 58 heavy (non-hydrogen) atoms. The van der Waals surface area contributed by atoms with Gasteiger partial charge in [0.1, 0.15) is 11.5 Å². The van der Waals surface area contributed by atoms with Crippen molar-refractivity contribution in [2.45, 2.75) is 19.3 Å². The van der Waals surface area contributed by atoms with Crippen molar-refractivity contribution in [2.24, 2.45) is 0 Å². The average molecular weight is 746 g/mol. The number of hydrogen-bond acceptors (Lipinski definition) is 3. The van der Waals surface area contributed by atoms with Gasteiger partial charge < -0.3 is 14.4 Å². The van der Waals surface area contributed by atoms with Crippen LogP contribution >= 0.6 is 0 Å². The Balaban J connectivity index is 1.09. The largest absolute Gasteiger partial charge is 0.453 e. The normalized spacial score (nSPS) is 13.1. The summed E-state index contributed by atoms with van der Waals surface area (Å²) in [5, 5.41) is 2.05. The molecule has 0 unspecified atom stereocenters. The molecule has 276 valence electrons. The first-order chi connectivity index (χ1) is 28.5. The molecule has 3 nitrogen and oxygen atoms in total. The van der Waals surface area contributed by atoms with E-state index in [4.69, 9.17) is 9.47 Å². The van der Waals surface area contributed by atoms with Crippen molar-refractivity contribution in [1.82, 2.24) is 0 Å². The van der Waals surface area contributed by atoms with Crippen molar-refractivity contribution >= 4 is 27.8 Å². The number of fused-ring (bicyclic) bond motifs is 4. The van der Waals surface area contributed by atoms with Gasteiger partial charge in [-0.1, -0.05) is 166 Å². The molecule has 0 N–H and O–H groups in total. The molecule has 1 heterocycles. The molecule has 0 spiro atoms. The van der Waals surface area contributed by atoms with Crippen molar-refractivity contribution in [3.8, 4) is 67.5 Å². The number of ether oxygens (including phenoxy) is 2. The van der Waals surface area contributed by atoms with E-state index in [0.717, 1.165) is 61.6 Å². The molecule has 1 aliphatic heterocycles. The van der Waals surface area contributed by atoms with Crippen LogP contribution in [0.25, 0.3) is 55.3 Å². The van der Waals surface area contributed by atoms with Crippen LogP contribution in [-0.4, -0.2) is 0 Å². The highest BCUT2D eigenvalue weighted by atomic mass is 16.5. The molecule has 0 saturated carbocycles. The molecule has 0 aromatic heterocycles. The van der Waals surface area contributed by atoms with Gasteiger partial charge >= 0.3 is 0 Å². The molecule has 2 aliphatic rings. The standard InChI is InChI=1S/C55H39NO2/c1-55(2)47-24-10-8-21-43(47)44-34-33-40(35-48(44)55)56(39-31-29-37(30-32-39)36-15-4-3-5-16-36)49-25-11-9-22-45(49)41-19-6-7-20-42(41)46-23-14-28-52-54(46)58-51-27-13-18-38-17-12-26-50(57-52)53(38)51/h3-35H,1-2H3. The van der Waals surface area contributed by atoms with Crippen LogP contribution in [-0.2, 0) is 5.41 Å². The first kappa shape index (κ1) is 33.9. The predicted molar refractivity (Wildman–Crippen MR) is 239 cm³/mol. The SMILES string of the molecule is CC1(C)c2ccccc2-c2ccc(N(c3ccc(-c4ccccc4)cc3)c3ccccc3-c3ccccc3-c3cccc4c3Oc3cccc5cccc(c35)O4)cc21.